The fraction of sp³-hybridized carbons (Fsp3) is 0.143. The molecule has 2 N–H and O–H groups in total. The van der Waals surface area contributed by atoms with E-state index >= 15 is 0 Å². The van der Waals surface area contributed by atoms with Crippen molar-refractivity contribution in [1.82, 2.24) is 4.31 Å². The molecule has 0 aliphatic carbocycles. The van der Waals surface area contributed by atoms with E-state index in [4.69, 9.17) is 5.14 Å². The molecule has 1 aliphatic rings. The standard InChI is InChI=1S/C28H25N3O6S2/c29-38(34,35)24-13-10-20(11-14-24)16-17-30(26-19-27(32)31(28(26)33)23-8-2-1-3-9-23)39(36,37)25-15-12-21-6-4-5-7-22(21)18-25/h1-15,18,26H,16-17,19H2,(H2,29,34,35). The van der Waals surface area contributed by atoms with Crippen molar-refractivity contribution >= 4 is 48.3 Å². The number of benzene rings is 4. The summed E-state index contributed by atoms with van der Waals surface area (Å²) >= 11 is 0. The van der Waals surface area contributed by atoms with Crippen LogP contribution in [-0.2, 0) is 36.1 Å². The molecule has 0 spiro atoms. The third-order valence-corrected chi connectivity index (χ3v) is 9.52. The smallest absolute Gasteiger partial charge is 0.252 e. The molecule has 1 heterocycles. The van der Waals surface area contributed by atoms with E-state index in [0.29, 0.717) is 11.3 Å². The van der Waals surface area contributed by atoms with Gasteiger partial charge >= 0.3 is 0 Å². The quantitative estimate of drug-likeness (QED) is 0.328. The molecule has 0 aromatic heterocycles. The number of nitrogens with zero attached hydrogens (tertiary/aromatic N) is 2. The van der Waals surface area contributed by atoms with Gasteiger partial charge in [-0.25, -0.2) is 26.9 Å². The maximum absolute atomic E-state index is 14.0. The largest absolute Gasteiger partial charge is 0.274 e. The molecule has 4 aromatic rings. The van der Waals surface area contributed by atoms with Crippen LogP contribution in [0.1, 0.15) is 12.0 Å². The number of hydrogen-bond donors (Lipinski definition) is 1. The number of anilines is 1. The minimum Gasteiger partial charge on any atom is -0.274 e. The third-order valence-electron chi connectivity index (χ3n) is 6.69. The van der Waals surface area contributed by atoms with Crippen LogP contribution in [0.3, 0.4) is 0 Å². The molecular formula is C28H25N3O6S2. The minimum atomic E-state index is -4.22. The average molecular weight is 564 g/mol. The van der Waals surface area contributed by atoms with Gasteiger partial charge in [-0.2, -0.15) is 4.31 Å². The normalized spacial score (nSPS) is 16.4. The number of carbonyl (C=O) groups is 2. The number of carbonyl (C=O) groups excluding carboxylic acids is 2. The second-order valence-electron chi connectivity index (χ2n) is 9.19. The van der Waals surface area contributed by atoms with Crippen LogP contribution in [0.15, 0.2) is 107 Å². The number of para-hydroxylation sites is 1. The zero-order valence-corrected chi connectivity index (χ0v) is 22.3. The lowest BCUT2D eigenvalue weighted by Crippen LogP contribution is -2.46. The predicted octanol–water partition coefficient (Wildman–Crippen LogP) is 3.05. The number of primary sulfonamides is 1. The first-order chi connectivity index (χ1) is 18.6. The van der Waals surface area contributed by atoms with Crippen molar-refractivity contribution in [2.24, 2.45) is 5.14 Å². The van der Waals surface area contributed by atoms with Crippen LogP contribution in [0, 0.1) is 0 Å². The summed E-state index contributed by atoms with van der Waals surface area (Å²) in [6.07, 6.45) is -0.133. The van der Waals surface area contributed by atoms with Gasteiger partial charge < -0.3 is 0 Å². The predicted molar refractivity (Wildman–Crippen MR) is 147 cm³/mol. The summed E-state index contributed by atoms with van der Waals surface area (Å²) in [6.45, 7) is -0.115. The van der Waals surface area contributed by atoms with Gasteiger partial charge in [-0.1, -0.05) is 60.7 Å². The fourth-order valence-electron chi connectivity index (χ4n) is 4.68. The molecular weight excluding hydrogens is 538 g/mol. The van der Waals surface area contributed by atoms with Gasteiger partial charge in [-0.15, -0.1) is 0 Å². The van der Waals surface area contributed by atoms with E-state index in [1.165, 1.54) is 18.2 Å². The highest BCUT2D eigenvalue weighted by Gasteiger charge is 2.46. The monoisotopic (exact) mass is 563 g/mol. The van der Waals surface area contributed by atoms with Crippen LogP contribution in [0.4, 0.5) is 5.69 Å². The lowest BCUT2D eigenvalue weighted by atomic mass is 10.1. The van der Waals surface area contributed by atoms with Crippen molar-refractivity contribution in [3.63, 3.8) is 0 Å². The number of hydrogen-bond acceptors (Lipinski definition) is 6. The first-order valence-corrected chi connectivity index (χ1v) is 15.1. The van der Waals surface area contributed by atoms with Gasteiger partial charge in [0.25, 0.3) is 5.91 Å². The van der Waals surface area contributed by atoms with Crippen molar-refractivity contribution in [2.75, 3.05) is 11.4 Å². The number of imide groups is 1. The topological polar surface area (TPSA) is 135 Å². The Morgan fingerprint density at radius 1 is 0.769 bits per heavy atom. The number of nitrogens with two attached hydrogens (primary N) is 1. The summed E-state index contributed by atoms with van der Waals surface area (Å²) in [4.78, 5) is 27.5. The Balaban J connectivity index is 1.51. The van der Waals surface area contributed by atoms with Crippen LogP contribution in [0.2, 0.25) is 0 Å². The first-order valence-electron chi connectivity index (χ1n) is 12.1. The molecule has 11 heteroatoms. The second kappa shape index (κ2) is 10.3. The molecule has 9 nitrogen and oxygen atoms in total. The molecule has 1 unspecified atom stereocenters. The van der Waals surface area contributed by atoms with E-state index in [0.717, 1.165) is 20.0 Å². The molecule has 0 bridgehead atoms. The van der Waals surface area contributed by atoms with Gasteiger partial charge in [0.2, 0.25) is 26.0 Å². The van der Waals surface area contributed by atoms with E-state index in [9.17, 15) is 26.4 Å². The SMILES string of the molecule is NS(=O)(=O)c1ccc(CCN(C2CC(=O)N(c3ccccc3)C2=O)S(=O)(=O)c2ccc3ccccc3c2)cc1. The zero-order chi connectivity index (χ0) is 27.8. The van der Waals surface area contributed by atoms with Gasteiger partial charge in [0.15, 0.2) is 0 Å². The molecule has 1 fully saturated rings. The molecule has 200 valence electrons. The summed E-state index contributed by atoms with van der Waals surface area (Å²) in [5.41, 5.74) is 1.01. The first kappa shape index (κ1) is 26.7. The lowest BCUT2D eigenvalue weighted by molar-refractivity contribution is -0.122. The highest BCUT2D eigenvalue weighted by Crippen LogP contribution is 2.30. The van der Waals surface area contributed by atoms with Crippen molar-refractivity contribution in [3.8, 4) is 0 Å². The van der Waals surface area contributed by atoms with Gasteiger partial charge in [-0.3, -0.25) is 9.59 Å². The molecule has 0 saturated carbocycles. The Labute approximate surface area is 226 Å². The summed E-state index contributed by atoms with van der Waals surface area (Å²) in [5.74, 6) is -1.12. The van der Waals surface area contributed by atoms with Crippen molar-refractivity contribution in [1.29, 1.82) is 0 Å². The number of sulfonamides is 2. The van der Waals surface area contributed by atoms with Crippen LogP contribution in [0.5, 0.6) is 0 Å². The number of fused-ring (bicyclic) bond motifs is 1. The number of amides is 2. The molecule has 5 rings (SSSR count). The third kappa shape index (κ3) is 5.34. The molecule has 1 atom stereocenters. The maximum atomic E-state index is 14.0. The van der Waals surface area contributed by atoms with Gasteiger partial charge in [-0.05, 0) is 59.2 Å². The Hall–Kier alpha value is -3.90. The minimum absolute atomic E-state index is 0.00387. The van der Waals surface area contributed by atoms with E-state index in [1.54, 1.807) is 66.7 Å². The molecule has 2 amide bonds. The molecule has 39 heavy (non-hydrogen) atoms. The highest BCUT2D eigenvalue weighted by molar-refractivity contribution is 7.89. The molecule has 1 saturated heterocycles. The Bertz CT molecular complexity index is 1770. The van der Waals surface area contributed by atoms with E-state index in [-0.39, 0.29) is 29.2 Å². The van der Waals surface area contributed by atoms with E-state index < -0.39 is 37.9 Å². The molecule has 0 radical (unpaired) electrons. The second-order valence-corrected chi connectivity index (χ2v) is 12.6. The van der Waals surface area contributed by atoms with Gasteiger partial charge in [0.05, 0.1) is 21.9 Å². The summed E-state index contributed by atoms with van der Waals surface area (Å²) in [7, 11) is -8.10. The lowest BCUT2D eigenvalue weighted by Gasteiger charge is -2.27. The fourth-order valence-corrected chi connectivity index (χ4v) is 6.81. The van der Waals surface area contributed by atoms with E-state index in [1.807, 2.05) is 12.1 Å². The van der Waals surface area contributed by atoms with Crippen LogP contribution >= 0.6 is 0 Å². The van der Waals surface area contributed by atoms with Crippen molar-refractivity contribution in [2.45, 2.75) is 28.7 Å². The Morgan fingerprint density at radius 2 is 1.38 bits per heavy atom. The Kier molecular flexibility index (Phi) is 7.08. The highest BCUT2D eigenvalue weighted by atomic mass is 32.2. The van der Waals surface area contributed by atoms with Gasteiger partial charge in [0, 0.05) is 6.54 Å². The zero-order valence-electron chi connectivity index (χ0n) is 20.7. The Morgan fingerprint density at radius 3 is 2.05 bits per heavy atom. The van der Waals surface area contributed by atoms with Crippen molar-refractivity contribution < 1.29 is 26.4 Å². The van der Waals surface area contributed by atoms with Crippen molar-refractivity contribution in [3.05, 3.63) is 103 Å². The maximum Gasteiger partial charge on any atom is 0.252 e. The van der Waals surface area contributed by atoms with Crippen LogP contribution < -0.4 is 10.0 Å². The van der Waals surface area contributed by atoms with Crippen LogP contribution in [-0.4, -0.2) is 45.5 Å². The van der Waals surface area contributed by atoms with Gasteiger partial charge in [0.1, 0.15) is 6.04 Å². The summed E-state index contributed by atoms with van der Waals surface area (Å²) < 4.78 is 52.3. The van der Waals surface area contributed by atoms with Crippen LogP contribution in [0.25, 0.3) is 10.8 Å². The number of rotatable bonds is 8. The molecule has 1 aliphatic heterocycles. The summed E-state index contributed by atoms with van der Waals surface area (Å²) in [6, 6.07) is 25.0. The molecule has 4 aromatic carbocycles. The summed E-state index contributed by atoms with van der Waals surface area (Å²) in [5, 5.41) is 6.75. The average Bonchev–Trinajstić information content (AvgIpc) is 3.21. The van der Waals surface area contributed by atoms with E-state index in [2.05, 4.69) is 0 Å².